The third-order valence-electron chi connectivity index (χ3n) is 2.92. The maximum Gasteiger partial charge on any atom is 0.0607 e. The summed E-state index contributed by atoms with van der Waals surface area (Å²) in [5.41, 5.74) is 3.04. The zero-order valence-corrected chi connectivity index (χ0v) is 11.8. The second-order valence-electron chi connectivity index (χ2n) is 4.07. The Hall–Kier alpha value is -1.09. The summed E-state index contributed by atoms with van der Waals surface area (Å²) in [5, 5.41) is 4.63. The van der Waals surface area contributed by atoms with Gasteiger partial charge >= 0.3 is 0 Å². The lowest BCUT2D eigenvalue weighted by Gasteiger charge is -2.20. The fourth-order valence-electron chi connectivity index (χ4n) is 2.02. The number of aryl methyl sites for hydroxylation is 1. The van der Waals surface area contributed by atoms with Crippen molar-refractivity contribution in [3.8, 4) is 0 Å². The van der Waals surface area contributed by atoms with E-state index in [2.05, 4.69) is 10.3 Å². The Morgan fingerprint density at radius 1 is 1.17 bits per heavy atom. The molecule has 0 saturated carbocycles. The topological polar surface area (TPSA) is 24.9 Å². The molecule has 2 rings (SSSR count). The molecule has 0 saturated heterocycles. The Balaban J connectivity index is 2.52. The SMILES string of the molecule is CNC(c1cc(Cl)ccc1Cl)c1cccnc1C. The fraction of sp³-hybridized carbons (Fsp3) is 0.214. The van der Waals surface area contributed by atoms with Crippen LogP contribution in [0.15, 0.2) is 36.5 Å². The van der Waals surface area contributed by atoms with Crippen molar-refractivity contribution in [1.29, 1.82) is 0 Å². The predicted molar refractivity (Wildman–Crippen MR) is 76.3 cm³/mol. The highest BCUT2D eigenvalue weighted by atomic mass is 35.5. The molecule has 0 spiro atoms. The van der Waals surface area contributed by atoms with Gasteiger partial charge in [-0.25, -0.2) is 0 Å². The highest BCUT2D eigenvalue weighted by Gasteiger charge is 2.17. The molecule has 2 nitrogen and oxygen atoms in total. The van der Waals surface area contributed by atoms with E-state index in [0.29, 0.717) is 10.0 Å². The second kappa shape index (κ2) is 5.70. The molecule has 1 N–H and O–H groups in total. The third-order valence-corrected chi connectivity index (χ3v) is 3.50. The molecule has 1 aromatic carbocycles. The molecule has 2 aromatic rings. The third kappa shape index (κ3) is 2.66. The Morgan fingerprint density at radius 3 is 2.61 bits per heavy atom. The van der Waals surface area contributed by atoms with Crippen LogP contribution in [0.25, 0.3) is 0 Å². The molecule has 0 fully saturated rings. The van der Waals surface area contributed by atoms with Gasteiger partial charge in [-0.15, -0.1) is 0 Å². The molecule has 0 aliphatic rings. The van der Waals surface area contributed by atoms with E-state index in [1.807, 2.05) is 38.2 Å². The van der Waals surface area contributed by atoms with Gasteiger partial charge in [0.05, 0.1) is 6.04 Å². The molecule has 0 aliphatic carbocycles. The lowest BCUT2D eigenvalue weighted by molar-refractivity contribution is 0.683. The summed E-state index contributed by atoms with van der Waals surface area (Å²) in [6.07, 6.45) is 1.78. The van der Waals surface area contributed by atoms with Gasteiger partial charge in [-0.2, -0.15) is 0 Å². The van der Waals surface area contributed by atoms with Gasteiger partial charge in [0.25, 0.3) is 0 Å². The monoisotopic (exact) mass is 280 g/mol. The first-order chi connectivity index (χ1) is 8.63. The van der Waals surface area contributed by atoms with E-state index in [0.717, 1.165) is 16.8 Å². The van der Waals surface area contributed by atoms with E-state index in [1.54, 1.807) is 12.3 Å². The first-order valence-corrected chi connectivity index (χ1v) is 6.43. The fourth-order valence-corrected chi connectivity index (χ4v) is 2.42. The van der Waals surface area contributed by atoms with Crippen LogP contribution in [0.4, 0.5) is 0 Å². The van der Waals surface area contributed by atoms with Crippen molar-refractivity contribution in [2.24, 2.45) is 0 Å². The van der Waals surface area contributed by atoms with Gasteiger partial charge < -0.3 is 5.32 Å². The molecule has 4 heteroatoms. The maximum absolute atomic E-state index is 6.25. The van der Waals surface area contributed by atoms with E-state index >= 15 is 0 Å². The van der Waals surface area contributed by atoms with Gasteiger partial charge in [-0.3, -0.25) is 4.98 Å². The average Bonchev–Trinajstić information content (AvgIpc) is 2.36. The summed E-state index contributed by atoms with van der Waals surface area (Å²) in [6.45, 7) is 1.98. The van der Waals surface area contributed by atoms with Gasteiger partial charge in [0.15, 0.2) is 0 Å². The zero-order valence-electron chi connectivity index (χ0n) is 10.2. The maximum atomic E-state index is 6.25. The molecule has 1 aromatic heterocycles. The predicted octanol–water partition coefficient (Wildman–Crippen LogP) is 4.01. The zero-order chi connectivity index (χ0) is 13.1. The summed E-state index contributed by atoms with van der Waals surface area (Å²) in [5.74, 6) is 0. The molecule has 0 aliphatic heterocycles. The Kier molecular flexibility index (Phi) is 4.23. The van der Waals surface area contributed by atoms with Gasteiger partial charge in [0, 0.05) is 21.9 Å². The van der Waals surface area contributed by atoms with Crippen LogP contribution in [0.1, 0.15) is 22.9 Å². The summed E-state index contributed by atoms with van der Waals surface area (Å²) >= 11 is 12.3. The lowest BCUT2D eigenvalue weighted by Crippen LogP contribution is -2.19. The van der Waals surface area contributed by atoms with E-state index in [9.17, 15) is 0 Å². The van der Waals surface area contributed by atoms with E-state index < -0.39 is 0 Å². The van der Waals surface area contributed by atoms with Crippen LogP contribution in [0.2, 0.25) is 10.0 Å². The summed E-state index contributed by atoms with van der Waals surface area (Å²) < 4.78 is 0. The van der Waals surface area contributed by atoms with Crippen LogP contribution in [0.5, 0.6) is 0 Å². The molecule has 1 unspecified atom stereocenters. The van der Waals surface area contributed by atoms with Crippen LogP contribution in [0.3, 0.4) is 0 Å². The van der Waals surface area contributed by atoms with Crippen LogP contribution in [0, 0.1) is 6.92 Å². The summed E-state index contributed by atoms with van der Waals surface area (Å²) in [4.78, 5) is 4.31. The second-order valence-corrected chi connectivity index (χ2v) is 4.91. The molecule has 18 heavy (non-hydrogen) atoms. The highest BCUT2D eigenvalue weighted by Crippen LogP contribution is 2.31. The average molecular weight is 281 g/mol. The minimum atomic E-state index is -0.00935. The lowest BCUT2D eigenvalue weighted by atomic mass is 9.98. The van der Waals surface area contributed by atoms with Gasteiger partial charge in [0.2, 0.25) is 0 Å². The van der Waals surface area contributed by atoms with Crippen molar-refractivity contribution >= 4 is 23.2 Å². The number of hydrogen-bond donors (Lipinski definition) is 1. The van der Waals surface area contributed by atoms with Crippen molar-refractivity contribution in [2.75, 3.05) is 7.05 Å². The smallest absolute Gasteiger partial charge is 0.0607 e. The molecule has 0 radical (unpaired) electrons. The van der Waals surface area contributed by atoms with Gasteiger partial charge in [-0.1, -0.05) is 29.3 Å². The number of hydrogen-bond acceptors (Lipinski definition) is 2. The number of nitrogens with zero attached hydrogens (tertiary/aromatic N) is 1. The number of aromatic nitrogens is 1. The van der Waals surface area contributed by atoms with Gasteiger partial charge in [0.1, 0.15) is 0 Å². The molecule has 94 valence electrons. The van der Waals surface area contributed by atoms with Crippen molar-refractivity contribution in [3.05, 3.63) is 63.4 Å². The molecule has 1 heterocycles. The normalized spacial score (nSPS) is 12.4. The molecule has 0 bridgehead atoms. The van der Waals surface area contributed by atoms with Crippen molar-refractivity contribution < 1.29 is 0 Å². The molecular formula is C14H14Cl2N2. The van der Waals surface area contributed by atoms with Crippen molar-refractivity contribution in [3.63, 3.8) is 0 Å². The first-order valence-electron chi connectivity index (χ1n) is 5.67. The van der Waals surface area contributed by atoms with Gasteiger partial charge in [-0.05, 0) is 49.4 Å². The molecular weight excluding hydrogens is 267 g/mol. The highest BCUT2D eigenvalue weighted by molar-refractivity contribution is 6.33. The minimum Gasteiger partial charge on any atom is -0.309 e. The van der Waals surface area contributed by atoms with Crippen LogP contribution in [-0.4, -0.2) is 12.0 Å². The Bertz CT molecular complexity index is 555. The van der Waals surface area contributed by atoms with Crippen molar-refractivity contribution in [1.82, 2.24) is 10.3 Å². The Morgan fingerprint density at radius 2 is 1.94 bits per heavy atom. The molecule has 0 amide bonds. The Labute approximate surface area is 117 Å². The van der Waals surface area contributed by atoms with E-state index in [-0.39, 0.29) is 6.04 Å². The van der Waals surface area contributed by atoms with Crippen molar-refractivity contribution in [2.45, 2.75) is 13.0 Å². The largest absolute Gasteiger partial charge is 0.309 e. The standard InChI is InChI=1S/C14H14Cl2N2/c1-9-11(4-3-7-18-9)14(17-2)12-8-10(15)5-6-13(12)16/h3-8,14,17H,1-2H3. The number of nitrogens with one attached hydrogen (secondary N) is 1. The van der Waals surface area contributed by atoms with Crippen LogP contribution < -0.4 is 5.32 Å². The quantitative estimate of drug-likeness (QED) is 0.919. The first kappa shape index (κ1) is 13.3. The van der Waals surface area contributed by atoms with E-state index in [4.69, 9.17) is 23.2 Å². The minimum absolute atomic E-state index is 0.00935. The summed E-state index contributed by atoms with van der Waals surface area (Å²) in [6, 6.07) is 9.44. The number of pyridine rings is 1. The number of halogens is 2. The van der Waals surface area contributed by atoms with Crippen LogP contribution >= 0.6 is 23.2 Å². The molecule has 1 atom stereocenters. The number of rotatable bonds is 3. The summed E-state index contributed by atoms with van der Waals surface area (Å²) in [7, 11) is 1.90. The van der Waals surface area contributed by atoms with Crippen LogP contribution in [-0.2, 0) is 0 Å². The number of benzene rings is 1. The van der Waals surface area contributed by atoms with E-state index in [1.165, 1.54) is 0 Å².